The number of hydrogen-bond acceptors (Lipinski definition) is 6. The number of benzene rings is 1. The number of anilines is 1. The Bertz CT molecular complexity index is 1040. The number of thiazole rings is 1. The number of aromatic carboxylic acids is 1. The molecule has 0 unspecified atom stereocenters. The lowest BCUT2D eigenvalue weighted by molar-refractivity contribution is 0.0689. The minimum atomic E-state index is -1.03. The van der Waals surface area contributed by atoms with E-state index in [0.717, 1.165) is 51.9 Å². The van der Waals surface area contributed by atoms with Crippen molar-refractivity contribution in [1.82, 2.24) is 14.8 Å². The highest BCUT2D eigenvalue weighted by atomic mass is 32.1. The van der Waals surface area contributed by atoms with Gasteiger partial charge in [-0.15, -0.1) is 0 Å². The Morgan fingerprint density at radius 1 is 1.33 bits per heavy atom. The number of aryl methyl sites for hydroxylation is 1. The number of fused-ring (bicyclic) bond motifs is 1. The maximum atomic E-state index is 11.2. The maximum absolute atomic E-state index is 11.2. The molecule has 27 heavy (non-hydrogen) atoms. The van der Waals surface area contributed by atoms with Crippen LogP contribution in [0.1, 0.15) is 28.2 Å². The van der Waals surface area contributed by atoms with E-state index in [1.807, 2.05) is 19.1 Å². The molecule has 3 heterocycles. The SMILES string of the molecule is COc1cc(Cn2nc(C(=O)O)cc2C)c2nc(N3CC=CCC3)sc2c1. The van der Waals surface area contributed by atoms with E-state index in [4.69, 9.17) is 9.72 Å². The molecular weight excluding hydrogens is 364 g/mol. The molecule has 1 aromatic carbocycles. The molecule has 0 bridgehead atoms. The number of nitrogens with zero attached hydrogens (tertiary/aromatic N) is 4. The lowest BCUT2D eigenvalue weighted by Crippen LogP contribution is -2.26. The van der Waals surface area contributed by atoms with Gasteiger partial charge in [-0.1, -0.05) is 23.5 Å². The highest BCUT2D eigenvalue weighted by molar-refractivity contribution is 7.22. The van der Waals surface area contributed by atoms with Crippen LogP contribution in [-0.4, -0.2) is 46.0 Å². The van der Waals surface area contributed by atoms with Crippen molar-refractivity contribution in [2.75, 3.05) is 25.1 Å². The molecule has 8 heteroatoms. The Kier molecular flexibility index (Phi) is 4.57. The summed E-state index contributed by atoms with van der Waals surface area (Å²) < 4.78 is 8.21. The van der Waals surface area contributed by atoms with Gasteiger partial charge in [0.05, 0.1) is 23.9 Å². The molecule has 4 rings (SSSR count). The molecule has 0 aliphatic carbocycles. The van der Waals surface area contributed by atoms with Gasteiger partial charge in [-0.25, -0.2) is 9.78 Å². The van der Waals surface area contributed by atoms with Crippen LogP contribution in [-0.2, 0) is 6.54 Å². The summed E-state index contributed by atoms with van der Waals surface area (Å²) in [6.07, 6.45) is 5.38. The Morgan fingerprint density at radius 3 is 2.85 bits per heavy atom. The predicted molar refractivity (Wildman–Crippen MR) is 105 cm³/mol. The fourth-order valence-electron chi connectivity index (χ4n) is 3.18. The number of ether oxygens (including phenoxy) is 1. The first-order valence-corrected chi connectivity index (χ1v) is 9.52. The zero-order valence-electron chi connectivity index (χ0n) is 15.2. The molecular formula is C19H20N4O3S. The van der Waals surface area contributed by atoms with Crippen molar-refractivity contribution in [3.05, 3.63) is 47.3 Å². The summed E-state index contributed by atoms with van der Waals surface area (Å²) in [7, 11) is 1.64. The second-order valence-electron chi connectivity index (χ2n) is 6.47. The first-order chi connectivity index (χ1) is 13.0. The third-order valence-corrected chi connectivity index (χ3v) is 5.68. The van der Waals surface area contributed by atoms with Crippen molar-refractivity contribution in [3.8, 4) is 5.75 Å². The summed E-state index contributed by atoms with van der Waals surface area (Å²) >= 11 is 1.65. The second-order valence-corrected chi connectivity index (χ2v) is 7.48. The lowest BCUT2D eigenvalue weighted by atomic mass is 10.2. The van der Waals surface area contributed by atoms with Crippen LogP contribution in [0.4, 0.5) is 5.13 Å². The number of carboxylic acid groups (broad SMARTS) is 1. The minimum Gasteiger partial charge on any atom is -0.497 e. The van der Waals surface area contributed by atoms with Crippen molar-refractivity contribution in [3.63, 3.8) is 0 Å². The van der Waals surface area contributed by atoms with Crippen LogP contribution in [0, 0.1) is 6.92 Å². The van der Waals surface area contributed by atoms with E-state index in [9.17, 15) is 9.90 Å². The van der Waals surface area contributed by atoms with Crippen molar-refractivity contribution in [2.24, 2.45) is 0 Å². The largest absolute Gasteiger partial charge is 0.497 e. The third-order valence-electron chi connectivity index (χ3n) is 4.62. The first-order valence-electron chi connectivity index (χ1n) is 8.70. The van der Waals surface area contributed by atoms with Crippen LogP contribution in [0.5, 0.6) is 5.75 Å². The van der Waals surface area contributed by atoms with E-state index < -0.39 is 5.97 Å². The molecule has 140 valence electrons. The molecule has 1 aliphatic heterocycles. The summed E-state index contributed by atoms with van der Waals surface area (Å²) in [5, 5.41) is 14.4. The van der Waals surface area contributed by atoms with E-state index >= 15 is 0 Å². The minimum absolute atomic E-state index is 0.0470. The van der Waals surface area contributed by atoms with Gasteiger partial charge >= 0.3 is 5.97 Å². The summed E-state index contributed by atoms with van der Waals surface area (Å²) in [5.74, 6) is -0.267. The number of hydrogen-bond donors (Lipinski definition) is 1. The van der Waals surface area contributed by atoms with Crippen molar-refractivity contribution >= 4 is 32.7 Å². The monoisotopic (exact) mass is 384 g/mol. The van der Waals surface area contributed by atoms with E-state index in [0.29, 0.717) is 6.54 Å². The van der Waals surface area contributed by atoms with Crippen molar-refractivity contribution in [2.45, 2.75) is 19.9 Å². The first kappa shape index (κ1) is 17.5. The summed E-state index contributed by atoms with van der Waals surface area (Å²) in [6.45, 7) is 4.12. The summed E-state index contributed by atoms with van der Waals surface area (Å²) in [4.78, 5) is 18.3. The van der Waals surface area contributed by atoms with Gasteiger partial charge in [0.25, 0.3) is 0 Å². The van der Waals surface area contributed by atoms with Crippen LogP contribution in [0.2, 0.25) is 0 Å². The number of aromatic nitrogens is 3. The van der Waals surface area contributed by atoms with Gasteiger partial charge in [0.15, 0.2) is 10.8 Å². The number of methoxy groups -OCH3 is 1. The van der Waals surface area contributed by atoms with Gasteiger partial charge in [-0.2, -0.15) is 5.10 Å². The average molecular weight is 384 g/mol. The van der Waals surface area contributed by atoms with Crippen LogP contribution in [0.15, 0.2) is 30.4 Å². The summed E-state index contributed by atoms with van der Waals surface area (Å²) in [6, 6.07) is 5.52. The van der Waals surface area contributed by atoms with Crippen LogP contribution < -0.4 is 9.64 Å². The second kappa shape index (κ2) is 7.03. The van der Waals surface area contributed by atoms with Gasteiger partial charge in [0.1, 0.15) is 5.75 Å². The Morgan fingerprint density at radius 2 is 2.19 bits per heavy atom. The molecule has 1 aliphatic rings. The molecule has 0 saturated carbocycles. The molecule has 0 amide bonds. The molecule has 7 nitrogen and oxygen atoms in total. The van der Waals surface area contributed by atoms with Gasteiger partial charge in [-0.3, -0.25) is 4.68 Å². The Hall–Kier alpha value is -2.87. The smallest absolute Gasteiger partial charge is 0.356 e. The maximum Gasteiger partial charge on any atom is 0.356 e. The number of rotatable bonds is 5. The predicted octanol–water partition coefficient (Wildman–Crippen LogP) is 3.32. The fourth-order valence-corrected chi connectivity index (χ4v) is 4.26. The highest BCUT2D eigenvalue weighted by Crippen LogP contribution is 2.35. The topological polar surface area (TPSA) is 80.5 Å². The quantitative estimate of drug-likeness (QED) is 0.680. The van der Waals surface area contributed by atoms with E-state index in [1.165, 1.54) is 0 Å². The molecule has 0 atom stereocenters. The molecule has 1 N–H and O–H groups in total. The van der Waals surface area contributed by atoms with Crippen LogP contribution >= 0.6 is 11.3 Å². The van der Waals surface area contributed by atoms with Crippen LogP contribution in [0.3, 0.4) is 0 Å². The standard InChI is InChI=1S/C19H20N4O3S/c1-12-8-15(18(24)25)21-23(12)11-13-9-14(26-2)10-16-17(13)20-19(27-16)22-6-4-3-5-7-22/h3-4,8-10H,5-7,11H2,1-2H3,(H,24,25). The third kappa shape index (κ3) is 3.40. The molecule has 0 fully saturated rings. The zero-order valence-corrected chi connectivity index (χ0v) is 16.0. The van der Waals surface area contributed by atoms with Crippen LogP contribution in [0.25, 0.3) is 10.2 Å². The summed E-state index contributed by atoms with van der Waals surface area (Å²) in [5.41, 5.74) is 2.71. The molecule has 3 aromatic rings. The lowest BCUT2D eigenvalue weighted by Gasteiger charge is -2.22. The van der Waals surface area contributed by atoms with Gasteiger partial charge in [-0.05, 0) is 31.5 Å². The van der Waals surface area contributed by atoms with Crippen molar-refractivity contribution < 1.29 is 14.6 Å². The van der Waals surface area contributed by atoms with E-state index in [1.54, 1.807) is 29.2 Å². The molecule has 0 saturated heterocycles. The van der Waals surface area contributed by atoms with E-state index in [-0.39, 0.29) is 5.69 Å². The molecule has 0 radical (unpaired) electrons. The van der Waals surface area contributed by atoms with Gasteiger partial charge < -0.3 is 14.7 Å². The number of carboxylic acids is 1. The fraction of sp³-hybridized carbons (Fsp3) is 0.316. The Labute approximate surface area is 160 Å². The highest BCUT2D eigenvalue weighted by Gasteiger charge is 2.18. The molecule has 2 aromatic heterocycles. The van der Waals surface area contributed by atoms with E-state index in [2.05, 4.69) is 22.2 Å². The molecule has 0 spiro atoms. The number of carbonyl (C=O) groups is 1. The zero-order chi connectivity index (χ0) is 19.0. The Balaban J connectivity index is 1.75. The van der Waals surface area contributed by atoms with Gasteiger partial charge in [0.2, 0.25) is 0 Å². The van der Waals surface area contributed by atoms with Gasteiger partial charge in [0, 0.05) is 24.3 Å². The normalized spacial score (nSPS) is 14.1. The van der Waals surface area contributed by atoms with Crippen molar-refractivity contribution in [1.29, 1.82) is 0 Å². The average Bonchev–Trinajstić information content (AvgIpc) is 3.26.